The van der Waals surface area contributed by atoms with Crippen molar-refractivity contribution in [1.82, 2.24) is 4.90 Å². The van der Waals surface area contributed by atoms with E-state index in [1.165, 1.54) is 32.4 Å². The molecule has 0 bridgehead atoms. The van der Waals surface area contributed by atoms with Gasteiger partial charge in [-0.05, 0) is 50.2 Å². The van der Waals surface area contributed by atoms with Crippen molar-refractivity contribution in [2.75, 3.05) is 26.2 Å². The number of benzene rings is 1. The van der Waals surface area contributed by atoms with E-state index in [2.05, 4.69) is 20.8 Å². The molecule has 1 heterocycles. The third kappa shape index (κ3) is 5.60. The standard InChI is InChI=1S/C13H18BrNO.Mg.2H/c14-12-4-6-13(7-5-12)16-11-10-15-8-2-1-3-9-15;;;/h4-7H,1-3,8-11H2;;;. The Morgan fingerprint density at radius 3 is 2.35 bits per heavy atom. The van der Waals surface area contributed by atoms with Crippen LogP contribution in [0.4, 0.5) is 0 Å². The molecule has 0 aromatic heterocycles. The summed E-state index contributed by atoms with van der Waals surface area (Å²) in [7, 11) is 0. The fourth-order valence-electron chi connectivity index (χ4n) is 2.01. The van der Waals surface area contributed by atoms with Crippen molar-refractivity contribution in [3.8, 4) is 5.75 Å². The summed E-state index contributed by atoms with van der Waals surface area (Å²) in [5.41, 5.74) is 0. The van der Waals surface area contributed by atoms with Crippen LogP contribution in [-0.2, 0) is 0 Å². The zero-order valence-electron chi connectivity index (χ0n) is 9.49. The molecule has 1 aliphatic rings. The Morgan fingerprint density at radius 2 is 1.71 bits per heavy atom. The van der Waals surface area contributed by atoms with E-state index in [0.717, 1.165) is 23.4 Å². The quantitative estimate of drug-likeness (QED) is 0.792. The molecule has 0 atom stereocenters. The molecule has 0 saturated carbocycles. The largest absolute Gasteiger partial charge is 0.492 e. The van der Waals surface area contributed by atoms with Crippen LogP contribution in [0.15, 0.2) is 28.7 Å². The molecular weight excluding hydrogens is 290 g/mol. The summed E-state index contributed by atoms with van der Waals surface area (Å²) in [5.74, 6) is 0.959. The fraction of sp³-hybridized carbons (Fsp3) is 0.538. The van der Waals surface area contributed by atoms with Gasteiger partial charge >= 0.3 is 23.1 Å². The van der Waals surface area contributed by atoms with Crippen molar-refractivity contribution >= 4 is 39.0 Å². The number of ether oxygens (including phenoxy) is 1. The topological polar surface area (TPSA) is 12.5 Å². The fourth-order valence-corrected chi connectivity index (χ4v) is 2.27. The maximum Gasteiger partial charge on any atom is 0.316 e. The second kappa shape index (κ2) is 8.35. The highest BCUT2D eigenvalue weighted by Crippen LogP contribution is 2.16. The van der Waals surface area contributed by atoms with Gasteiger partial charge in [-0.15, -0.1) is 0 Å². The van der Waals surface area contributed by atoms with Crippen molar-refractivity contribution in [3.05, 3.63) is 28.7 Å². The van der Waals surface area contributed by atoms with Gasteiger partial charge in [0.15, 0.2) is 0 Å². The zero-order valence-corrected chi connectivity index (χ0v) is 11.1. The lowest BCUT2D eigenvalue weighted by atomic mass is 10.1. The maximum absolute atomic E-state index is 5.70. The van der Waals surface area contributed by atoms with Gasteiger partial charge in [-0.1, -0.05) is 22.4 Å². The van der Waals surface area contributed by atoms with E-state index < -0.39 is 0 Å². The van der Waals surface area contributed by atoms with Crippen LogP contribution < -0.4 is 4.74 Å². The van der Waals surface area contributed by atoms with Crippen LogP contribution >= 0.6 is 15.9 Å². The van der Waals surface area contributed by atoms with Crippen LogP contribution in [0, 0.1) is 0 Å². The molecular formula is C13H20BrMgNO. The second-order valence-electron chi connectivity index (χ2n) is 4.20. The third-order valence-electron chi connectivity index (χ3n) is 2.94. The number of hydrogen-bond acceptors (Lipinski definition) is 2. The summed E-state index contributed by atoms with van der Waals surface area (Å²) in [4.78, 5) is 2.49. The first-order valence-electron chi connectivity index (χ1n) is 5.95. The average molecular weight is 311 g/mol. The van der Waals surface area contributed by atoms with Gasteiger partial charge in [0.2, 0.25) is 0 Å². The first kappa shape index (κ1) is 15.3. The molecule has 1 aromatic carbocycles. The number of rotatable bonds is 4. The highest BCUT2D eigenvalue weighted by atomic mass is 79.9. The van der Waals surface area contributed by atoms with E-state index >= 15 is 0 Å². The second-order valence-corrected chi connectivity index (χ2v) is 5.12. The minimum Gasteiger partial charge on any atom is -0.492 e. The van der Waals surface area contributed by atoms with Gasteiger partial charge in [-0.3, -0.25) is 4.90 Å². The normalized spacial score (nSPS) is 16.3. The number of halogens is 1. The molecule has 92 valence electrons. The van der Waals surface area contributed by atoms with Gasteiger partial charge < -0.3 is 4.74 Å². The Balaban J connectivity index is 0.00000144. The molecule has 4 heteroatoms. The monoisotopic (exact) mass is 309 g/mol. The molecule has 17 heavy (non-hydrogen) atoms. The number of hydrogen-bond donors (Lipinski definition) is 0. The molecule has 2 rings (SSSR count). The Hall–Kier alpha value is 0.226. The van der Waals surface area contributed by atoms with Crippen LogP contribution in [0.3, 0.4) is 0 Å². The van der Waals surface area contributed by atoms with Crippen LogP contribution in [0.2, 0.25) is 0 Å². The Bertz CT molecular complexity index is 312. The van der Waals surface area contributed by atoms with Crippen molar-refractivity contribution in [2.24, 2.45) is 0 Å². The van der Waals surface area contributed by atoms with Gasteiger partial charge in [0.1, 0.15) is 12.4 Å². The predicted octanol–water partition coefficient (Wildman–Crippen LogP) is 2.40. The van der Waals surface area contributed by atoms with Crippen molar-refractivity contribution in [3.63, 3.8) is 0 Å². The van der Waals surface area contributed by atoms with Gasteiger partial charge in [0.05, 0.1) is 0 Å². The van der Waals surface area contributed by atoms with Gasteiger partial charge in [-0.25, -0.2) is 0 Å². The molecule has 2 nitrogen and oxygen atoms in total. The predicted molar refractivity (Wildman–Crippen MR) is 78.5 cm³/mol. The molecule has 0 aliphatic carbocycles. The van der Waals surface area contributed by atoms with Gasteiger partial charge in [-0.2, -0.15) is 0 Å². The van der Waals surface area contributed by atoms with Crippen molar-refractivity contribution < 1.29 is 4.74 Å². The van der Waals surface area contributed by atoms with E-state index in [1.54, 1.807) is 0 Å². The van der Waals surface area contributed by atoms with Gasteiger partial charge in [0.25, 0.3) is 0 Å². The molecule has 0 N–H and O–H groups in total. The molecule has 1 aromatic rings. The molecule has 0 amide bonds. The Kier molecular flexibility index (Phi) is 7.51. The lowest BCUT2D eigenvalue weighted by Crippen LogP contribution is -2.33. The van der Waals surface area contributed by atoms with E-state index in [9.17, 15) is 0 Å². The summed E-state index contributed by atoms with van der Waals surface area (Å²) in [5, 5.41) is 0. The lowest BCUT2D eigenvalue weighted by molar-refractivity contribution is 0.183. The highest BCUT2D eigenvalue weighted by molar-refractivity contribution is 9.10. The summed E-state index contributed by atoms with van der Waals surface area (Å²) in [6.07, 6.45) is 4.08. The van der Waals surface area contributed by atoms with E-state index in [0.29, 0.717) is 0 Å². The summed E-state index contributed by atoms with van der Waals surface area (Å²) in [6.45, 7) is 4.32. The minimum atomic E-state index is 0. The van der Waals surface area contributed by atoms with Crippen LogP contribution in [0.5, 0.6) is 5.75 Å². The molecule has 1 fully saturated rings. The molecule has 0 spiro atoms. The number of piperidine rings is 1. The zero-order chi connectivity index (χ0) is 11.2. The molecule has 1 aliphatic heterocycles. The van der Waals surface area contributed by atoms with Crippen LogP contribution in [0.25, 0.3) is 0 Å². The van der Waals surface area contributed by atoms with E-state index in [-0.39, 0.29) is 23.1 Å². The third-order valence-corrected chi connectivity index (χ3v) is 3.47. The van der Waals surface area contributed by atoms with Crippen LogP contribution in [-0.4, -0.2) is 54.2 Å². The van der Waals surface area contributed by atoms with Crippen molar-refractivity contribution in [1.29, 1.82) is 0 Å². The molecule has 0 unspecified atom stereocenters. The summed E-state index contributed by atoms with van der Waals surface area (Å²) >= 11 is 3.41. The maximum atomic E-state index is 5.70. The van der Waals surface area contributed by atoms with E-state index in [1.807, 2.05) is 24.3 Å². The SMILES string of the molecule is Brc1ccc(OCCN2CCCCC2)cc1.[MgH2]. The van der Waals surface area contributed by atoms with E-state index in [4.69, 9.17) is 4.74 Å². The Morgan fingerprint density at radius 1 is 1.06 bits per heavy atom. The minimum absolute atomic E-state index is 0. The molecule has 0 radical (unpaired) electrons. The first-order valence-corrected chi connectivity index (χ1v) is 6.74. The van der Waals surface area contributed by atoms with Crippen LogP contribution in [0.1, 0.15) is 19.3 Å². The first-order chi connectivity index (χ1) is 7.84. The number of likely N-dealkylation sites (tertiary alicyclic amines) is 1. The smallest absolute Gasteiger partial charge is 0.316 e. The summed E-state index contributed by atoms with van der Waals surface area (Å²) in [6, 6.07) is 8.02. The average Bonchev–Trinajstić information content (AvgIpc) is 2.33. The van der Waals surface area contributed by atoms with Gasteiger partial charge in [0, 0.05) is 11.0 Å². The Labute approximate surface area is 128 Å². The lowest BCUT2D eigenvalue weighted by Gasteiger charge is -2.26. The number of nitrogens with zero attached hydrogens (tertiary/aromatic N) is 1. The van der Waals surface area contributed by atoms with Crippen molar-refractivity contribution in [2.45, 2.75) is 19.3 Å². The summed E-state index contributed by atoms with van der Waals surface area (Å²) < 4.78 is 6.79. The molecule has 1 saturated heterocycles. The highest BCUT2D eigenvalue weighted by Gasteiger charge is 2.09.